The zero-order chi connectivity index (χ0) is 14.4. The normalized spacial score (nSPS) is 17.7. The number of amides is 1. The number of morpholine rings is 1. The van der Waals surface area contributed by atoms with E-state index in [1.54, 1.807) is 12.1 Å². The quantitative estimate of drug-likeness (QED) is 0.813. The number of carbonyl (C=O) groups is 1. The predicted molar refractivity (Wildman–Crippen MR) is 73.6 cm³/mol. The van der Waals surface area contributed by atoms with Crippen LogP contribution in [-0.4, -0.2) is 50.2 Å². The molecule has 5 nitrogen and oxygen atoms in total. The second kappa shape index (κ2) is 7.33. The van der Waals surface area contributed by atoms with E-state index in [2.05, 4.69) is 5.32 Å². The molecule has 1 aliphatic rings. The summed E-state index contributed by atoms with van der Waals surface area (Å²) < 4.78 is 18.7. The van der Waals surface area contributed by atoms with Crippen LogP contribution in [0.4, 0.5) is 4.39 Å². The van der Waals surface area contributed by atoms with Crippen molar-refractivity contribution in [3.8, 4) is 0 Å². The minimum atomic E-state index is -0.499. The fraction of sp³-hybridized carbons (Fsp3) is 0.500. The van der Waals surface area contributed by atoms with Gasteiger partial charge in [-0.05, 0) is 17.7 Å². The number of nitrogens with one attached hydrogen (secondary N) is 1. The highest BCUT2D eigenvalue weighted by molar-refractivity contribution is 5.83. The summed E-state index contributed by atoms with van der Waals surface area (Å²) in [5.74, 6) is -0.490. The molecule has 1 heterocycles. The maximum absolute atomic E-state index is 13.4. The summed E-state index contributed by atoms with van der Waals surface area (Å²) in [5.41, 5.74) is 6.06. The molecule has 0 radical (unpaired) electrons. The molecule has 110 valence electrons. The van der Waals surface area contributed by atoms with Crippen LogP contribution in [0.5, 0.6) is 0 Å². The van der Waals surface area contributed by atoms with Gasteiger partial charge in [-0.25, -0.2) is 4.39 Å². The Labute approximate surface area is 117 Å². The van der Waals surface area contributed by atoms with Crippen LogP contribution < -0.4 is 11.1 Å². The first-order chi connectivity index (χ1) is 9.72. The van der Waals surface area contributed by atoms with Crippen molar-refractivity contribution in [1.82, 2.24) is 10.2 Å². The summed E-state index contributed by atoms with van der Waals surface area (Å²) in [5, 5.41) is 2.78. The number of nitrogens with zero attached hydrogens (tertiary/aromatic N) is 1. The number of hydrogen-bond donors (Lipinski definition) is 2. The summed E-state index contributed by atoms with van der Waals surface area (Å²) in [6.45, 7) is 3.25. The van der Waals surface area contributed by atoms with Gasteiger partial charge in [0.25, 0.3) is 0 Å². The SMILES string of the molecule is NCCNC(=O)C(c1cccc(F)c1)N1CCOCC1. The Bertz CT molecular complexity index is 450. The first-order valence-corrected chi connectivity index (χ1v) is 6.77. The third-order valence-electron chi connectivity index (χ3n) is 3.27. The van der Waals surface area contributed by atoms with E-state index in [-0.39, 0.29) is 11.7 Å². The average Bonchev–Trinajstić information content (AvgIpc) is 2.46. The van der Waals surface area contributed by atoms with Crippen molar-refractivity contribution in [2.45, 2.75) is 6.04 Å². The first kappa shape index (κ1) is 14.9. The summed E-state index contributed by atoms with van der Waals surface area (Å²) in [4.78, 5) is 14.3. The van der Waals surface area contributed by atoms with Crippen molar-refractivity contribution < 1.29 is 13.9 Å². The summed E-state index contributed by atoms with van der Waals surface area (Å²) in [7, 11) is 0. The molecule has 1 unspecified atom stereocenters. The number of benzene rings is 1. The number of halogens is 1. The molecule has 0 bridgehead atoms. The lowest BCUT2D eigenvalue weighted by Gasteiger charge is -2.33. The standard InChI is InChI=1S/C14H20FN3O2/c15-12-3-1-2-11(10-12)13(14(19)17-5-4-16)18-6-8-20-9-7-18/h1-3,10,13H,4-9,16H2,(H,17,19). The van der Waals surface area contributed by atoms with Gasteiger partial charge in [-0.15, -0.1) is 0 Å². The highest BCUT2D eigenvalue weighted by Crippen LogP contribution is 2.22. The van der Waals surface area contributed by atoms with Gasteiger partial charge in [0.15, 0.2) is 0 Å². The van der Waals surface area contributed by atoms with Crippen molar-refractivity contribution in [1.29, 1.82) is 0 Å². The van der Waals surface area contributed by atoms with Gasteiger partial charge in [0.05, 0.1) is 13.2 Å². The van der Waals surface area contributed by atoms with Crippen LogP contribution in [0.15, 0.2) is 24.3 Å². The lowest BCUT2D eigenvalue weighted by molar-refractivity contribution is -0.128. The van der Waals surface area contributed by atoms with Crippen LogP contribution in [0.1, 0.15) is 11.6 Å². The molecular formula is C14H20FN3O2. The highest BCUT2D eigenvalue weighted by Gasteiger charge is 2.28. The molecule has 1 amide bonds. The fourth-order valence-corrected chi connectivity index (χ4v) is 2.33. The minimum Gasteiger partial charge on any atom is -0.379 e. The summed E-state index contributed by atoms with van der Waals surface area (Å²) >= 11 is 0. The lowest BCUT2D eigenvalue weighted by atomic mass is 10.0. The van der Waals surface area contributed by atoms with E-state index in [0.717, 1.165) is 0 Å². The molecule has 1 saturated heterocycles. The van der Waals surface area contributed by atoms with Crippen LogP contribution in [0.3, 0.4) is 0 Å². The predicted octanol–water partition coefficient (Wildman–Crippen LogP) is 0.274. The van der Waals surface area contributed by atoms with E-state index in [0.29, 0.717) is 45.0 Å². The Hall–Kier alpha value is -1.50. The molecule has 20 heavy (non-hydrogen) atoms. The molecule has 6 heteroatoms. The zero-order valence-electron chi connectivity index (χ0n) is 11.3. The van der Waals surface area contributed by atoms with Gasteiger partial charge in [-0.3, -0.25) is 9.69 Å². The zero-order valence-corrected chi connectivity index (χ0v) is 11.3. The fourth-order valence-electron chi connectivity index (χ4n) is 2.33. The monoisotopic (exact) mass is 281 g/mol. The molecule has 1 aromatic carbocycles. The van der Waals surface area contributed by atoms with Gasteiger partial charge < -0.3 is 15.8 Å². The van der Waals surface area contributed by atoms with Gasteiger partial charge in [-0.2, -0.15) is 0 Å². The van der Waals surface area contributed by atoms with Crippen molar-refractivity contribution in [3.63, 3.8) is 0 Å². The number of nitrogens with two attached hydrogens (primary N) is 1. The maximum atomic E-state index is 13.4. The average molecular weight is 281 g/mol. The Morgan fingerprint density at radius 1 is 1.45 bits per heavy atom. The topological polar surface area (TPSA) is 67.6 Å². The van der Waals surface area contributed by atoms with Gasteiger partial charge in [0.2, 0.25) is 5.91 Å². The second-order valence-corrected chi connectivity index (χ2v) is 4.69. The van der Waals surface area contributed by atoms with Crippen molar-refractivity contribution in [2.75, 3.05) is 39.4 Å². The van der Waals surface area contributed by atoms with Crippen LogP contribution in [0.25, 0.3) is 0 Å². The molecule has 0 spiro atoms. The molecule has 2 rings (SSSR count). The van der Waals surface area contributed by atoms with Crippen molar-refractivity contribution >= 4 is 5.91 Å². The number of hydrogen-bond acceptors (Lipinski definition) is 4. The van der Waals surface area contributed by atoms with Gasteiger partial charge >= 0.3 is 0 Å². The maximum Gasteiger partial charge on any atom is 0.242 e. The van der Waals surface area contributed by atoms with Crippen LogP contribution in [0, 0.1) is 5.82 Å². The largest absolute Gasteiger partial charge is 0.379 e. The van der Waals surface area contributed by atoms with E-state index in [1.165, 1.54) is 12.1 Å². The van der Waals surface area contributed by atoms with Crippen LogP contribution in [-0.2, 0) is 9.53 Å². The van der Waals surface area contributed by atoms with Gasteiger partial charge in [0.1, 0.15) is 11.9 Å². The molecule has 1 fully saturated rings. The molecular weight excluding hydrogens is 261 g/mol. The van der Waals surface area contributed by atoms with Crippen LogP contribution >= 0.6 is 0 Å². The number of rotatable bonds is 5. The Balaban J connectivity index is 2.20. The second-order valence-electron chi connectivity index (χ2n) is 4.69. The summed E-state index contributed by atoms with van der Waals surface area (Å²) in [6.07, 6.45) is 0. The lowest BCUT2D eigenvalue weighted by Crippen LogP contribution is -2.46. The molecule has 0 aliphatic carbocycles. The minimum absolute atomic E-state index is 0.150. The van der Waals surface area contributed by atoms with Crippen LogP contribution in [0.2, 0.25) is 0 Å². The third kappa shape index (κ3) is 3.75. The Kier molecular flexibility index (Phi) is 5.46. The molecule has 1 aliphatic heterocycles. The summed E-state index contributed by atoms with van der Waals surface area (Å²) in [6, 6.07) is 5.67. The Morgan fingerprint density at radius 2 is 2.20 bits per heavy atom. The smallest absolute Gasteiger partial charge is 0.242 e. The van der Waals surface area contributed by atoms with E-state index in [1.807, 2.05) is 4.90 Å². The van der Waals surface area contributed by atoms with Gasteiger partial charge in [0, 0.05) is 26.2 Å². The van der Waals surface area contributed by atoms with E-state index in [4.69, 9.17) is 10.5 Å². The number of ether oxygens (including phenoxy) is 1. The third-order valence-corrected chi connectivity index (χ3v) is 3.27. The highest BCUT2D eigenvalue weighted by atomic mass is 19.1. The van der Waals surface area contributed by atoms with E-state index < -0.39 is 6.04 Å². The van der Waals surface area contributed by atoms with Crippen molar-refractivity contribution in [2.24, 2.45) is 5.73 Å². The molecule has 0 aromatic heterocycles. The van der Waals surface area contributed by atoms with E-state index >= 15 is 0 Å². The first-order valence-electron chi connectivity index (χ1n) is 6.77. The Morgan fingerprint density at radius 3 is 2.85 bits per heavy atom. The number of carbonyl (C=O) groups excluding carboxylic acids is 1. The molecule has 0 saturated carbocycles. The van der Waals surface area contributed by atoms with Gasteiger partial charge in [-0.1, -0.05) is 12.1 Å². The molecule has 1 aromatic rings. The van der Waals surface area contributed by atoms with Crippen molar-refractivity contribution in [3.05, 3.63) is 35.6 Å². The molecule has 3 N–H and O–H groups in total. The molecule has 1 atom stereocenters. The van der Waals surface area contributed by atoms with E-state index in [9.17, 15) is 9.18 Å².